The van der Waals surface area contributed by atoms with E-state index >= 15 is 0 Å². The quantitative estimate of drug-likeness (QED) is 0.588. The average molecular weight is 229 g/mol. The molecule has 0 aromatic heterocycles. The summed E-state index contributed by atoms with van der Waals surface area (Å²) < 4.78 is 5.45. The standard InChI is InChI=1S/C14H15NO2/c1-17-13-8-11(14(6-7-14)15-9-16)4-5-12(13)10-2-3-10/h4-5,8,10H,2-3,6-7H2,1H3. The average Bonchev–Trinajstić information content (AvgIpc) is 3.23. The molecule has 0 spiro atoms. The van der Waals surface area contributed by atoms with Gasteiger partial charge in [-0.15, -0.1) is 0 Å². The zero-order valence-corrected chi connectivity index (χ0v) is 9.90. The number of benzene rings is 1. The lowest BCUT2D eigenvalue weighted by atomic mass is 10.0. The third kappa shape index (κ3) is 1.77. The molecule has 0 saturated heterocycles. The lowest BCUT2D eigenvalue weighted by Crippen LogP contribution is -2.03. The molecule has 0 N–H and O–H groups in total. The van der Waals surface area contributed by atoms with E-state index in [1.165, 1.54) is 18.4 Å². The van der Waals surface area contributed by atoms with Crippen LogP contribution in [0.15, 0.2) is 23.2 Å². The van der Waals surface area contributed by atoms with Crippen LogP contribution in [-0.2, 0) is 10.3 Å². The van der Waals surface area contributed by atoms with Gasteiger partial charge in [-0.3, -0.25) is 0 Å². The summed E-state index contributed by atoms with van der Waals surface area (Å²) in [6.45, 7) is 0. The van der Waals surface area contributed by atoms with Gasteiger partial charge in [0.2, 0.25) is 6.08 Å². The Morgan fingerprint density at radius 1 is 1.41 bits per heavy atom. The first-order valence-electron chi connectivity index (χ1n) is 6.06. The number of carbonyl (C=O) groups excluding carboxylic acids is 1. The minimum absolute atomic E-state index is 0.295. The number of aliphatic imine (C=N–C) groups is 1. The highest BCUT2D eigenvalue weighted by Crippen LogP contribution is 2.51. The highest BCUT2D eigenvalue weighted by Gasteiger charge is 2.45. The molecule has 2 fully saturated rings. The van der Waals surface area contributed by atoms with Gasteiger partial charge in [0.25, 0.3) is 0 Å². The molecule has 2 saturated carbocycles. The summed E-state index contributed by atoms with van der Waals surface area (Å²) in [6.07, 6.45) is 6.08. The van der Waals surface area contributed by atoms with Crippen LogP contribution in [0.25, 0.3) is 0 Å². The molecule has 0 unspecified atom stereocenters. The maximum atomic E-state index is 10.5. The van der Waals surface area contributed by atoms with Crippen molar-refractivity contribution in [1.29, 1.82) is 0 Å². The fourth-order valence-electron chi connectivity index (χ4n) is 2.40. The molecule has 0 aliphatic heterocycles. The second kappa shape index (κ2) is 3.71. The van der Waals surface area contributed by atoms with Crippen molar-refractivity contribution in [2.24, 2.45) is 4.99 Å². The number of isocyanates is 1. The first kappa shape index (κ1) is 10.5. The van der Waals surface area contributed by atoms with E-state index in [-0.39, 0.29) is 5.54 Å². The van der Waals surface area contributed by atoms with E-state index < -0.39 is 0 Å². The number of rotatable bonds is 4. The normalized spacial score (nSPS) is 20.5. The zero-order valence-electron chi connectivity index (χ0n) is 9.90. The summed E-state index contributed by atoms with van der Waals surface area (Å²) >= 11 is 0. The van der Waals surface area contributed by atoms with Gasteiger partial charge >= 0.3 is 0 Å². The van der Waals surface area contributed by atoms with Crippen molar-refractivity contribution in [2.75, 3.05) is 7.11 Å². The predicted octanol–water partition coefficient (Wildman–Crippen LogP) is 2.90. The summed E-state index contributed by atoms with van der Waals surface area (Å²) in [5, 5.41) is 0. The molecular weight excluding hydrogens is 214 g/mol. The molecule has 1 aromatic rings. The van der Waals surface area contributed by atoms with Crippen molar-refractivity contribution in [2.45, 2.75) is 37.1 Å². The van der Waals surface area contributed by atoms with Crippen LogP contribution in [0.2, 0.25) is 0 Å². The lowest BCUT2D eigenvalue weighted by molar-refractivity contribution is 0.408. The molecule has 3 heteroatoms. The van der Waals surface area contributed by atoms with E-state index in [1.54, 1.807) is 13.2 Å². The SMILES string of the molecule is COc1cc(C2(N=C=O)CC2)ccc1C1CC1. The van der Waals surface area contributed by atoms with E-state index in [1.807, 2.05) is 6.07 Å². The molecule has 0 heterocycles. The molecule has 0 bridgehead atoms. The van der Waals surface area contributed by atoms with Gasteiger partial charge in [0.05, 0.1) is 12.6 Å². The van der Waals surface area contributed by atoms with Crippen LogP contribution in [0.3, 0.4) is 0 Å². The van der Waals surface area contributed by atoms with Gasteiger partial charge in [0.15, 0.2) is 0 Å². The van der Waals surface area contributed by atoms with E-state index in [4.69, 9.17) is 4.74 Å². The van der Waals surface area contributed by atoms with Gasteiger partial charge in [-0.05, 0) is 48.8 Å². The topological polar surface area (TPSA) is 38.7 Å². The Labute approximate surface area is 101 Å². The predicted molar refractivity (Wildman–Crippen MR) is 64.0 cm³/mol. The third-order valence-corrected chi connectivity index (χ3v) is 3.77. The molecule has 2 aliphatic rings. The van der Waals surface area contributed by atoms with Gasteiger partial charge in [-0.1, -0.05) is 12.1 Å². The molecule has 0 amide bonds. The van der Waals surface area contributed by atoms with Gasteiger partial charge in [0.1, 0.15) is 5.75 Å². The van der Waals surface area contributed by atoms with Crippen molar-refractivity contribution < 1.29 is 9.53 Å². The van der Waals surface area contributed by atoms with Crippen LogP contribution < -0.4 is 4.74 Å². The Bertz CT molecular complexity index is 495. The van der Waals surface area contributed by atoms with Gasteiger partial charge in [-0.2, -0.15) is 4.99 Å². The maximum absolute atomic E-state index is 10.5. The Hall–Kier alpha value is -1.60. The number of ether oxygens (including phenoxy) is 1. The Kier molecular flexibility index (Phi) is 2.30. The van der Waals surface area contributed by atoms with Crippen molar-refractivity contribution in [3.8, 4) is 5.75 Å². The third-order valence-electron chi connectivity index (χ3n) is 3.77. The minimum atomic E-state index is -0.295. The van der Waals surface area contributed by atoms with Gasteiger partial charge < -0.3 is 4.74 Å². The number of methoxy groups -OCH3 is 1. The smallest absolute Gasteiger partial charge is 0.235 e. The Morgan fingerprint density at radius 3 is 2.71 bits per heavy atom. The summed E-state index contributed by atoms with van der Waals surface area (Å²) in [6, 6.07) is 6.26. The Balaban J connectivity index is 1.99. The summed E-state index contributed by atoms with van der Waals surface area (Å²) in [4.78, 5) is 14.4. The molecule has 1 aromatic carbocycles. The van der Waals surface area contributed by atoms with Gasteiger partial charge in [-0.25, -0.2) is 4.79 Å². The second-order valence-corrected chi connectivity index (χ2v) is 4.97. The largest absolute Gasteiger partial charge is 0.496 e. The first-order valence-corrected chi connectivity index (χ1v) is 6.06. The van der Waals surface area contributed by atoms with Crippen LogP contribution in [0, 0.1) is 0 Å². The summed E-state index contributed by atoms with van der Waals surface area (Å²) in [5.74, 6) is 1.61. The van der Waals surface area contributed by atoms with Crippen LogP contribution >= 0.6 is 0 Å². The number of hydrogen-bond donors (Lipinski definition) is 0. The molecule has 0 atom stereocenters. The zero-order chi connectivity index (χ0) is 11.9. The molecule has 2 aliphatic carbocycles. The number of hydrogen-bond acceptors (Lipinski definition) is 3. The van der Waals surface area contributed by atoms with E-state index in [0.717, 1.165) is 24.2 Å². The molecule has 0 radical (unpaired) electrons. The lowest BCUT2D eigenvalue weighted by Gasteiger charge is -2.13. The Morgan fingerprint density at radius 2 is 2.18 bits per heavy atom. The molecule has 88 valence electrons. The minimum Gasteiger partial charge on any atom is -0.496 e. The molecule has 3 nitrogen and oxygen atoms in total. The van der Waals surface area contributed by atoms with Crippen molar-refractivity contribution >= 4 is 6.08 Å². The van der Waals surface area contributed by atoms with E-state index in [0.29, 0.717) is 5.92 Å². The monoisotopic (exact) mass is 229 g/mol. The van der Waals surface area contributed by atoms with Crippen LogP contribution in [0.5, 0.6) is 5.75 Å². The highest BCUT2D eigenvalue weighted by atomic mass is 16.5. The van der Waals surface area contributed by atoms with Crippen molar-refractivity contribution in [3.63, 3.8) is 0 Å². The highest BCUT2D eigenvalue weighted by molar-refractivity contribution is 5.47. The fraction of sp³-hybridized carbons (Fsp3) is 0.500. The summed E-state index contributed by atoms with van der Waals surface area (Å²) in [7, 11) is 1.70. The van der Waals surface area contributed by atoms with Crippen molar-refractivity contribution in [3.05, 3.63) is 29.3 Å². The summed E-state index contributed by atoms with van der Waals surface area (Å²) in [5.41, 5.74) is 2.08. The van der Waals surface area contributed by atoms with E-state index in [9.17, 15) is 4.79 Å². The van der Waals surface area contributed by atoms with Crippen LogP contribution in [0.4, 0.5) is 0 Å². The molecular formula is C14H15NO2. The molecule has 17 heavy (non-hydrogen) atoms. The first-order chi connectivity index (χ1) is 8.29. The van der Waals surface area contributed by atoms with E-state index in [2.05, 4.69) is 17.1 Å². The number of nitrogens with zero attached hydrogens (tertiary/aromatic N) is 1. The van der Waals surface area contributed by atoms with Crippen LogP contribution in [-0.4, -0.2) is 13.2 Å². The fourth-order valence-corrected chi connectivity index (χ4v) is 2.40. The second-order valence-electron chi connectivity index (χ2n) is 4.97. The van der Waals surface area contributed by atoms with Gasteiger partial charge in [0, 0.05) is 0 Å². The van der Waals surface area contributed by atoms with Crippen LogP contribution in [0.1, 0.15) is 42.7 Å². The van der Waals surface area contributed by atoms with Crippen molar-refractivity contribution in [1.82, 2.24) is 0 Å². The maximum Gasteiger partial charge on any atom is 0.235 e. The molecule has 3 rings (SSSR count).